The van der Waals surface area contributed by atoms with Gasteiger partial charge in [0, 0.05) is 11.8 Å². The summed E-state index contributed by atoms with van der Waals surface area (Å²) in [5, 5.41) is 9.18. The second-order valence-corrected chi connectivity index (χ2v) is 3.75. The van der Waals surface area contributed by atoms with Crippen LogP contribution < -0.4 is 16.0 Å². The Morgan fingerprint density at radius 1 is 1.28 bits per heavy atom. The minimum absolute atomic E-state index is 0.0396. The van der Waals surface area contributed by atoms with Gasteiger partial charge in [-0.1, -0.05) is 18.2 Å². The zero-order valence-electron chi connectivity index (χ0n) is 9.84. The van der Waals surface area contributed by atoms with Gasteiger partial charge in [-0.2, -0.15) is 0 Å². The van der Waals surface area contributed by atoms with Crippen molar-refractivity contribution in [1.82, 2.24) is 4.98 Å². The van der Waals surface area contributed by atoms with E-state index in [4.69, 9.17) is 10.6 Å². The van der Waals surface area contributed by atoms with Gasteiger partial charge in [0.25, 0.3) is 0 Å². The maximum atomic E-state index is 9.18. The maximum Gasteiger partial charge on any atom is 0.140 e. The summed E-state index contributed by atoms with van der Waals surface area (Å²) >= 11 is 0. The first kappa shape index (κ1) is 12.3. The third kappa shape index (κ3) is 2.97. The van der Waals surface area contributed by atoms with Crippen molar-refractivity contribution < 1.29 is 9.84 Å². The number of pyridine rings is 1. The number of nitrogens with zero attached hydrogens (tertiary/aromatic N) is 1. The second kappa shape index (κ2) is 6.00. The summed E-state index contributed by atoms with van der Waals surface area (Å²) in [5.41, 5.74) is 4.20. The lowest BCUT2D eigenvalue weighted by Gasteiger charge is -2.10. The van der Waals surface area contributed by atoms with Crippen molar-refractivity contribution >= 4 is 5.82 Å². The molecule has 18 heavy (non-hydrogen) atoms. The molecule has 5 heteroatoms. The van der Waals surface area contributed by atoms with Crippen LogP contribution in [0.15, 0.2) is 42.6 Å². The fraction of sp³-hybridized carbons (Fsp3) is 0.154. The van der Waals surface area contributed by atoms with E-state index in [0.717, 1.165) is 11.1 Å². The molecule has 1 aromatic heterocycles. The number of rotatable bonds is 5. The van der Waals surface area contributed by atoms with Gasteiger partial charge in [-0.3, -0.25) is 0 Å². The first-order valence-electron chi connectivity index (χ1n) is 5.56. The number of hydrogen-bond donors (Lipinski definition) is 3. The van der Waals surface area contributed by atoms with Crippen LogP contribution in [0, 0.1) is 0 Å². The number of nitrogen functional groups attached to an aromatic ring is 1. The predicted octanol–water partition coefficient (Wildman–Crippen LogP) is 1.44. The van der Waals surface area contributed by atoms with Crippen molar-refractivity contribution in [2.24, 2.45) is 5.84 Å². The molecule has 1 aromatic carbocycles. The summed E-state index contributed by atoms with van der Waals surface area (Å²) in [6, 6.07) is 11.0. The summed E-state index contributed by atoms with van der Waals surface area (Å²) in [6.07, 6.45) is 1.66. The Balaban J connectivity index is 2.06. The summed E-state index contributed by atoms with van der Waals surface area (Å²) in [7, 11) is 0. The second-order valence-electron chi connectivity index (χ2n) is 3.75. The normalized spacial score (nSPS) is 10.1. The number of anilines is 1. The predicted molar refractivity (Wildman–Crippen MR) is 68.7 cm³/mol. The number of aliphatic hydroxyl groups excluding tert-OH is 1. The van der Waals surface area contributed by atoms with Crippen molar-refractivity contribution in [2.45, 2.75) is 13.2 Å². The third-order valence-corrected chi connectivity index (χ3v) is 2.51. The van der Waals surface area contributed by atoms with Gasteiger partial charge in [0.05, 0.1) is 6.61 Å². The number of aliphatic hydroxyl groups is 1. The number of hydrogen-bond acceptors (Lipinski definition) is 5. The monoisotopic (exact) mass is 245 g/mol. The molecule has 2 aromatic rings. The zero-order chi connectivity index (χ0) is 12.8. The quantitative estimate of drug-likeness (QED) is 0.548. The van der Waals surface area contributed by atoms with Gasteiger partial charge in [-0.05, 0) is 23.8 Å². The Kier molecular flexibility index (Phi) is 4.11. The van der Waals surface area contributed by atoms with Crippen LogP contribution in [0.25, 0.3) is 0 Å². The largest absolute Gasteiger partial charge is 0.489 e. The van der Waals surface area contributed by atoms with Gasteiger partial charge >= 0.3 is 0 Å². The molecule has 0 spiro atoms. The van der Waals surface area contributed by atoms with Gasteiger partial charge in [-0.15, -0.1) is 0 Å². The van der Waals surface area contributed by atoms with E-state index < -0.39 is 0 Å². The average molecular weight is 245 g/mol. The molecule has 0 aliphatic rings. The summed E-state index contributed by atoms with van der Waals surface area (Å²) in [5.74, 6) is 6.55. The van der Waals surface area contributed by atoms with Crippen LogP contribution in [0.3, 0.4) is 0 Å². The zero-order valence-corrected chi connectivity index (χ0v) is 9.84. The number of aromatic nitrogens is 1. The number of hydrazine groups is 1. The molecule has 1 heterocycles. The molecule has 0 unspecified atom stereocenters. The molecule has 0 aliphatic heterocycles. The number of nitrogens with two attached hydrogens (primary N) is 1. The molecule has 0 atom stereocenters. The number of nitrogens with one attached hydrogen (secondary N) is 1. The minimum atomic E-state index is -0.0396. The molecule has 0 saturated carbocycles. The van der Waals surface area contributed by atoms with Crippen molar-refractivity contribution in [1.29, 1.82) is 0 Å². The summed E-state index contributed by atoms with van der Waals surface area (Å²) in [6.45, 7) is 0.357. The van der Waals surface area contributed by atoms with Crippen LogP contribution in [-0.4, -0.2) is 10.1 Å². The van der Waals surface area contributed by atoms with Crippen molar-refractivity contribution in [3.8, 4) is 5.75 Å². The van der Waals surface area contributed by atoms with Crippen LogP contribution >= 0.6 is 0 Å². The van der Waals surface area contributed by atoms with E-state index in [1.807, 2.05) is 36.4 Å². The SMILES string of the molecule is NNc1cc(COc2ccccc2CO)ccn1. The van der Waals surface area contributed by atoms with Crippen molar-refractivity contribution in [3.05, 3.63) is 53.7 Å². The van der Waals surface area contributed by atoms with E-state index in [1.54, 1.807) is 6.20 Å². The molecule has 5 nitrogen and oxygen atoms in total. The fourth-order valence-corrected chi connectivity index (χ4v) is 1.58. The van der Waals surface area contributed by atoms with Gasteiger partial charge in [0.15, 0.2) is 0 Å². The average Bonchev–Trinajstić information content (AvgIpc) is 2.45. The number of benzene rings is 1. The van der Waals surface area contributed by atoms with Crippen LogP contribution in [0.2, 0.25) is 0 Å². The fourth-order valence-electron chi connectivity index (χ4n) is 1.58. The van der Waals surface area contributed by atoms with Gasteiger partial charge < -0.3 is 15.3 Å². The molecule has 0 bridgehead atoms. The van der Waals surface area contributed by atoms with Crippen LogP contribution in [0.1, 0.15) is 11.1 Å². The highest BCUT2D eigenvalue weighted by Gasteiger charge is 2.02. The molecule has 0 amide bonds. The Morgan fingerprint density at radius 3 is 2.89 bits per heavy atom. The van der Waals surface area contributed by atoms with E-state index in [2.05, 4.69) is 10.4 Å². The van der Waals surface area contributed by atoms with E-state index >= 15 is 0 Å². The molecule has 0 fully saturated rings. The van der Waals surface area contributed by atoms with E-state index in [-0.39, 0.29) is 6.61 Å². The molecular formula is C13H15N3O2. The lowest BCUT2D eigenvalue weighted by Crippen LogP contribution is -2.09. The van der Waals surface area contributed by atoms with Gasteiger partial charge in [0.2, 0.25) is 0 Å². The smallest absolute Gasteiger partial charge is 0.140 e. The van der Waals surface area contributed by atoms with Crippen molar-refractivity contribution in [3.63, 3.8) is 0 Å². The van der Waals surface area contributed by atoms with Gasteiger partial charge in [0.1, 0.15) is 18.2 Å². The molecule has 0 aliphatic carbocycles. The Bertz CT molecular complexity index is 517. The van der Waals surface area contributed by atoms with Gasteiger partial charge in [-0.25, -0.2) is 10.8 Å². The molecule has 0 radical (unpaired) electrons. The Hall–Kier alpha value is -2.11. The van der Waals surface area contributed by atoms with Crippen molar-refractivity contribution in [2.75, 3.05) is 5.43 Å². The first-order chi connectivity index (χ1) is 8.83. The molecule has 94 valence electrons. The highest BCUT2D eigenvalue weighted by atomic mass is 16.5. The Morgan fingerprint density at radius 2 is 2.11 bits per heavy atom. The Labute approximate surface area is 105 Å². The lowest BCUT2D eigenvalue weighted by molar-refractivity contribution is 0.259. The highest BCUT2D eigenvalue weighted by molar-refractivity contribution is 5.36. The van der Waals surface area contributed by atoms with E-state index in [9.17, 15) is 5.11 Å². The number of para-hydroxylation sites is 1. The van der Waals surface area contributed by atoms with Crippen LogP contribution in [-0.2, 0) is 13.2 Å². The van der Waals surface area contributed by atoms with Crippen LogP contribution in [0.5, 0.6) is 5.75 Å². The minimum Gasteiger partial charge on any atom is -0.489 e. The first-order valence-corrected chi connectivity index (χ1v) is 5.56. The van der Waals surface area contributed by atoms with E-state index in [0.29, 0.717) is 18.2 Å². The topological polar surface area (TPSA) is 80.4 Å². The molecule has 4 N–H and O–H groups in total. The summed E-state index contributed by atoms with van der Waals surface area (Å²) < 4.78 is 5.66. The maximum absolute atomic E-state index is 9.18. The standard InChI is InChI=1S/C13H15N3O2/c14-16-13-7-10(5-6-15-13)9-18-12-4-2-1-3-11(12)8-17/h1-7,17H,8-9,14H2,(H,15,16). The molecule has 2 rings (SSSR count). The third-order valence-electron chi connectivity index (χ3n) is 2.51. The van der Waals surface area contributed by atoms with Crippen LogP contribution in [0.4, 0.5) is 5.82 Å². The molecule has 0 saturated heterocycles. The summed E-state index contributed by atoms with van der Waals surface area (Å²) in [4.78, 5) is 4.01. The van der Waals surface area contributed by atoms with E-state index in [1.165, 1.54) is 0 Å². The number of ether oxygens (including phenoxy) is 1. The molecular weight excluding hydrogens is 230 g/mol. The highest BCUT2D eigenvalue weighted by Crippen LogP contribution is 2.19. The lowest BCUT2D eigenvalue weighted by atomic mass is 10.2.